The molecule has 3 aromatic heterocycles. The Bertz CT molecular complexity index is 912. The fourth-order valence-electron chi connectivity index (χ4n) is 2.67. The van der Waals surface area contributed by atoms with E-state index < -0.39 is 0 Å². The van der Waals surface area contributed by atoms with Crippen molar-refractivity contribution in [3.8, 4) is 11.3 Å². The lowest BCUT2D eigenvalue weighted by Gasteiger charge is -2.18. The predicted molar refractivity (Wildman–Crippen MR) is 85.3 cm³/mol. The number of fused-ring (bicyclic) bond motifs is 1. The number of aryl methyl sites for hydroxylation is 1. The van der Waals surface area contributed by atoms with Crippen molar-refractivity contribution in [3.63, 3.8) is 0 Å². The first-order valence-corrected chi connectivity index (χ1v) is 7.48. The maximum absolute atomic E-state index is 12.5. The molecule has 0 unspecified atom stereocenters. The summed E-state index contributed by atoms with van der Waals surface area (Å²) in [7, 11) is 0. The lowest BCUT2D eigenvalue weighted by molar-refractivity contribution is 0.668. The Labute approximate surface area is 132 Å². The Morgan fingerprint density at radius 2 is 2.00 bits per heavy atom. The standard InChI is InChI=1S/C15H16ClN5O/c1-4-7-20-12(11-5-6-17-13(16)9(11)2)10(3)14(22)21-15(20)18-8-19-21/h5-6,8H,4,7H2,1-3H3. The second-order valence-corrected chi connectivity index (χ2v) is 5.53. The first-order valence-electron chi connectivity index (χ1n) is 7.10. The molecule has 0 fully saturated rings. The molecule has 0 amide bonds. The Hall–Kier alpha value is -2.21. The molecule has 0 radical (unpaired) electrons. The van der Waals surface area contributed by atoms with E-state index in [9.17, 15) is 4.79 Å². The smallest absolute Gasteiger partial charge is 0.279 e. The van der Waals surface area contributed by atoms with Crippen LogP contribution < -0.4 is 5.56 Å². The molecule has 0 aliphatic carbocycles. The minimum atomic E-state index is -0.165. The van der Waals surface area contributed by atoms with E-state index in [1.165, 1.54) is 10.8 Å². The molecule has 0 aromatic carbocycles. The van der Waals surface area contributed by atoms with Crippen LogP contribution in [0.15, 0.2) is 23.4 Å². The zero-order valence-electron chi connectivity index (χ0n) is 12.7. The molecule has 3 aromatic rings. The first-order chi connectivity index (χ1) is 10.6. The number of rotatable bonds is 3. The SMILES string of the molecule is CCCn1c(-c2ccnc(Cl)c2C)c(C)c(=O)n2ncnc12. The van der Waals surface area contributed by atoms with Gasteiger partial charge < -0.3 is 4.57 Å². The summed E-state index contributed by atoms with van der Waals surface area (Å²) >= 11 is 6.15. The van der Waals surface area contributed by atoms with Crippen molar-refractivity contribution in [2.75, 3.05) is 0 Å². The quantitative estimate of drug-likeness (QED) is 0.697. The molecular weight excluding hydrogens is 302 g/mol. The van der Waals surface area contributed by atoms with Gasteiger partial charge in [0.25, 0.3) is 5.56 Å². The number of pyridine rings is 1. The predicted octanol–water partition coefficient (Wildman–Crippen LogP) is 2.63. The third-order valence-electron chi connectivity index (χ3n) is 3.75. The Kier molecular flexibility index (Phi) is 3.70. The van der Waals surface area contributed by atoms with Crippen LogP contribution in [0.3, 0.4) is 0 Å². The Morgan fingerprint density at radius 1 is 1.23 bits per heavy atom. The van der Waals surface area contributed by atoms with Gasteiger partial charge in [0.1, 0.15) is 11.5 Å². The van der Waals surface area contributed by atoms with Gasteiger partial charge in [-0.1, -0.05) is 18.5 Å². The summed E-state index contributed by atoms with van der Waals surface area (Å²) in [5, 5.41) is 4.47. The van der Waals surface area contributed by atoms with Crippen molar-refractivity contribution < 1.29 is 0 Å². The van der Waals surface area contributed by atoms with Crippen molar-refractivity contribution in [2.24, 2.45) is 0 Å². The summed E-state index contributed by atoms with van der Waals surface area (Å²) in [4.78, 5) is 20.9. The minimum absolute atomic E-state index is 0.165. The summed E-state index contributed by atoms with van der Waals surface area (Å²) in [6.45, 7) is 6.52. The van der Waals surface area contributed by atoms with Crippen molar-refractivity contribution in [3.05, 3.63) is 45.2 Å². The van der Waals surface area contributed by atoms with E-state index in [0.29, 0.717) is 16.5 Å². The first kappa shape index (κ1) is 14.7. The van der Waals surface area contributed by atoms with Gasteiger partial charge in [-0.3, -0.25) is 4.79 Å². The molecular formula is C15H16ClN5O. The van der Waals surface area contributed by atoms with Crippen LogP contribution in [0.4, 0.5) is 0 Å². The number of halogens is 1. The lowest BCUT2D eigenvalue weighted by Crippen LogP contribution is -2.24. The maximum atomic E-state index is 12.5. The Balaban J connectivity index is 2.47. The van der Waals surface area contributed by atoms with Crippen molar-refractivity contribution in [1.29, 1.82) is 0 Å². The molecule has 7 heteroatoms. The number of hydrogen-bond donors (Lipinski definition) is 0. The van der Waals surface area contributed by atoms with Gasteiger partial charge in [0.2, 0.25) is 5.78 Å². The summed E-state index contributed by atoms with van der Waals surface area (Å²) in [5.41, 5.74) is 3.03. The second kappa shape index (κ2) is 5.53. The highest BCUT2D eigenvalue weighted by atomic mass is 35.5. The monoisotopic (exact) mass is 317 g/mol. The molecule has 0 saturated carbocycles. The highest BCUT2D eigenvalue weighted by Gasteiger charge is 2.19. The average molecular weight is 318 g/mol. The van der Waals surface area contributed by atoms with Crippen molar-refractivity contribution in [1.82, 2.24) is 24.1 Å². The zero-order valence-corrected chi connectivity index (χ0v) is 13.4. The molecule has 6 nitrogen and oxygen atoms in total. The topological polar surface area (TPSA) is 65.1 Å². The fraction of sp³-hybridized carbons (Fsp3) is 0.333. The van der Waals surface area contributed by atoms with E-state index in [2.05, 4.69) is 22.0 Å². The van der Waals surface area contributed by atoms with Gasteiger partial charge in [-0.15, -0.1) is 0 Å². The van der Waals surface area contributed by atoms with E-state index in [1.807, 2.05) is 17.6 Å². The van der Waals surface area contributed by atoms with Gasteiger partial charge in [0.05, 0.1) is 5.69 Å². The molecule has 0 aliphatic rings. The van der Waals surface area contributed by atoms with Crippen LogP contribution in [0.1, 0.15) is 24.5 Å². The summed E-state index contributed by atoms with van der Waals surface area (Å²) in [6.07, 6.45) is 3.97. The molecule has 0 saturated heterocycles. The molecule has 0 aliphatic heterocycles. The van der Waals surface area contributed by atoms with Crippen LogP contribution in [0.5, 0.6) is 0 Å². The van der Waals surface area contributed by atoms with E-state index >= 15 is 0 Å². The molecule has 22 heavy (non-hydrogen) atoms. The van der Waals surface area contributed by atoms with Crippen LogP contribution in [0.25, 0.3) is 17.0 Å². The molecule has 3 rings (SSSR count). The summed E-state index contributed by atoms with van der Waals surface area (Å²) in [6, 6.07) is 1.88. The third-order valence-corrected chi connectivity index (χ3v) is 4.14. The second-order valence-electron chi connectivity index (χ2n) is 5.18. The van der Waals surface area contributed by atoms with Crippen LogP contribution in [-0.4, -0.2) is 24.1 Å². The van der Waals surface area contributed by atoms with Crippen molar-refractivity contribution in [2.45, 2.75) is 33.7 Å². The van der Waals surface area contributed by atoms with E-state index in [1.54, 1.807) is 13.1 Å². The highest BCUT2D eigenvalue weighted by Crippen LogP contribution is 2.29. The zero-order chi connectivity index (χ0) is 15.9. The Morgan fingerprint density at radius 3 is 2.73 bits per heavy atom. The summed E-state index contributed by atoms with van der Waals surface area (Å²) in [5.74, 6) is 0.541. The van der Waals surface area contributed by atoms with Gasteiger partial charge in [0, 0.05) is 23.9 Å². The van der Waals surface area contributed by atoms with E-state index in [4.69, 9.17) is 11.6 Å². The van der Waals surface area contributed by atoms with Crippen molar-refractivity contribution >= 4 is 17.4 Å². The third kappa shape index (κ3) is 2.11. The molecule has 0 N–H and O–H groups in total. The van der Waals surface area contributed by atoms with E-state index in [0.717, 1.165) is 29.8 Å². The maximum Gasteiger partial charge on any atom is 0.279 e. The number of hydrogen-bond acceptors (Lipinski definition) is 4. The van der Waals surface area contributed by atoms with Gasteiger partial charge >= 0.3 is 0 Å². The summed E-state index contributed by atoms with van der Waals surface area (Å²) < 4.78 is 3.36. The van der Waals surface area contributed by atoms with E-state index in [-0.39, 0.29) is 5.56 Å². The molecule has 0 atom stereocenters. The highest BCUT2D eigenvalue weighted by molar-refractivity contribution is 6.30. The largest absolute Gasteiger partial charge is 0.309 e. The van der Waals surface area contributed by atoms with Gasteiger partial charge in [-0.25, -0.2) is 4.98 Å². The lowest BCUT2D eigenvalue weighted by atomic mass is 10.0. The number of nitrogens with zero attached hydrogens (tertiary/aromatic N) is 5. The molecule has 0 bridgehead atoms. The molecule has 3 heterocycles. The van der Waals surface area contributed by atoms with Gasteiger partial charge in [-0.2, -0.15) is 14.6 Å². The van der Waals surface area contributed by atoms with Crippen LogP contribution in [-0.2, 0) is 6.54 Å². The normalized spacial score (nSPS) is 11.3. The van der Waals surface area contributed by atoms with Gasteiger partial charge in [-0.05, 0) is 31.9 Å². The van der Waals surface area contributed by atoms with Crippen LogP contribution >= 0.6 is 11.6 Å². The molecule has 114 valence electrons. The van der Waals surface area contributed by atoms with Crippen LogP contribution in [0, 0.1) is 13.8 Å². The van der Waals surface area contributed by atoms with Gasteiger partial charge in [0.15, 0.2) is 0 Å². The molecule has 0 spiro atoms. The minimum Gasteiger partial charge on any atom is -0.309 e. The fourth-order valence-corrected chi connectivity index (χ4v) is 2.83. The van der Waals surface area contributed by atoms with Crippen LogP contribution in [0.2, 0.25) is 5.15 Å². The average Bonchev–Trinajstić information content (AvgIpc) is 2.98. The number of aromatic nitrogens is 5.